The summed E-state index contributed by atoms with van der Waals surface area (Å²) in [6.45, 7) is 3.99. The summed E-state index contributed by atoms with van der Waals surface area (Å²) in [4.78, 5) is 0. The van der Waals surface area contributed by atoms with Crippen molar-refractivity contribution in [2.24, 2.45) is 13.0 Å². The Labute approximate surface area is 117 Å². The predicted octanol–water partition coefficient (Wildman–Crippen LogP) is 3.50. The molecule has 1 fully saturated rings. The van der Waals surface area contributed by atoms with Crippen molar-refractivity contribution in [1.82, 2.24) is 15.1 Å². The zero-order valence-electron chi connectivity index (χ0n) is 12.2. The van der Waals surface area contributed by atoms with Crippen molar-refractivity contribution < 1.29 is 13.2 Å². The number of aromatic nitrogens is 2. The van der Waals surface area contributed by atoms with Crippen LogP contribution >= 0.6 is 0 Å². The molecule has 1 aromatic heterocycles. The molecule has 114 valence electrons. The highest BCUT2D eigenvalue weighted by Crippen LogP contribution is 2.37. The fraction of sp³-hybridized carbons (Fsp3) is 0.786. The van der Waals surface area contributed by atoms with Gasteiger partial charge >= 0.3 is 6.18 Å². The smallest absolute Gasteiger partial charge is 0.307 e. The quantitative estimate of drug-likeness (QED) is 0.923. The zero-order chi connectivity index (χ0) is 14.9. The van der Waals surface area contributed by atoms with Crippen LogP contribution in [0.25, 0.3) is 0 Å². The molecule has 0 amide bonds. The molecule has 1 aliphatic carbocycles. The van der Waals surface area contributed by atoms with Crippen molar-refractivity contribution in [2.75, 3.05) is 0 Å². The Morgan fingerprint density at radius 2 is 1.90 bits per heavy atom. The largest absolute Gasteiger partial charge is 0.391 e. The van der Waals surface area contributed by atoms with E-state index in [1.807, 2.05) is 27.1 Å². The molecule has 0 saturated heterocycles. The molecule has 1 aliphatic rings. The lowest BCUT2D eigenvalue weighted by atomic mass is 9.85. The fourth-order valence-electron chi connectivity index (χ4n) is 3.07. The minimum atomic E-state index is -4.03. The maximum Gasteiger partial charge on any atom is 0.391 e. The van der Waals surface area contributed by atoms with Gasteiger partial charge in [-0.05, 0) is 39.5 Å². The lowest BCUT2D eigenvalue weighted by molar-refractivity contribution is -0.182. The third-order valence-corrected chi connectivity index (χ3v) is 4.19. The lowest BCUT2D eigenvalue weighted by Gasteiger charge is -2.32. The first-order valence-corrected chi connectivity index (χ1v) is 7.10. The first-order chi connectivity index (χ1) is 9.27. The molecule has 1 saturated carbocycles. The molecule has 0 radical (unpaired) electrons. The number of alkyl halides is 3. The summed E-state index contributed by atoms with van der Waals surface area (Å²) in [7, 11) is 1.87. The number of rotatable bonds is 3. The Balaban J connectivity index is 1.88. The fourth-order valence-corrected chi connectivity index (χ4v) is 3.07. The maximum atomic E-state index is 12.6. The maximum absolute atomic E-state index is 12.6. The molecule has 1 unspecified atom stereocenters. The summed E-state index contributed by atoms with van der Waals surface area (Å²) in [6, 6.07) is 0.291. The van der Waals surface area contributed by atoms with Gasteiger partial charge in [-0.25, -0.2) is 0 Å². The molecule has 1 heterocycles. The van der Waals surface area contributed by atoms with Crippen molar-refractivity contribution in [3.05, 3.63) is 17.5 Å². The van der Waals surface area contributed by atoms with Gasteiger partial charge in [-0.2, -0.15) is 18.3 Å². The zero-order valence-corrected chi connectivity index (χ0v) is 12.2. The Kier molecular flexibility index (Phi) is 4.42. The van der Waals surface area contributed by atoms with Crippen LogP contribution < -0.4 is 5.32 Å². The molecule has 6 heteroatoms. The Hall–Kier alpha value is -1.04. The minimum Gasteiger partial charge on any atom is -0.307 e. The normalized spacial score (nSPS) is 25.7. The van der Waals surface area contributed by atoms with Gasteiger partial charge in [-0.1, -0.05) is 0 Å². The summed E-state index contributed by atoms with van der Waals surface area (Å²) in [5.74, 6) is -1.11. The first kappa shape index (κ1) is 15.4. The highest BCUT2D eigenvalue weighted by Gasteiger charge is 2.41. The number of halogens is 3. The van der Waals surface area contributed by atoms with Gasteiger partial charge in [0.2, 0.25) is 0 Å². The second kappa shape index (κ2) is 5.76. The van der Waals surface area contributed by atoms with Crippen LogP contribution in [0.4, 0.5) is 13.2 Å². The second-order valence-electron chi connectivity index (χ2n) is 5.82. The van der Waals surface area contributed by atoms with Crippen LogP contribution in [-0.2, 0) is 7.05 Å². The molecule has 0 bridgehead atoms. The lowest BCUT2D eigenvalue weighted by Crippen LogP contribution is -2.38. The first-order valence-electron chi connectivity index (χ1n) is 7.10. The number of nitrogens with one attached hydrogen (secondary N) is 1. The van der Waals surface area contributed by atoms with E-state index in [1.165, 1.54) is 0 Å². The average Bonchev–Trinajstić information content (AvgIpc) is 2.68. The van der Waals surface area contributed by atoms with Crippen LogP contribution in [0.5, 0.6) is 0 Å². The van der Waals surface area contributed by atoms with E-state index in [9.17, 15) is 13.2 Å². The molecule has 2 rings (SSSR count). The molecule has 3 nitrogen and oxygen atoms in total. The number of nitrogens with zero attached hydrogens (tertiary/aromatic N) is 2. The highest BCUT2D eigenvalue weighted by atomic mass is 19.4. The SMILES string of the molecule is Cc1nn(C)cc1C(C)NC1CCC(C(F)(F)F)CC1. The standard InChI is InChI=1S/C14H22F3N3/c1-9(13-8-20(3)19-10(13)2)18-12-6-4-11(5-7-12)14(15,16)17/h8-9,11-12,18H,4-7H2,1-3H3. The van der Waals surface area contributed by atoms with Gasteiger partial charge in [0.25, 0.3) is 0 Å². The molecular formula is C14H22F3N3. The summed E-state index contributed by atoms with van der Waals surface area (Å²) < 4.78 is 39.6. The summed E-state index contributed by atoms with van der Waals surface area (Å²) >= 11 is 0. The van der Waals surface area contributed by atoms with Crippen molar-refractivity contribution in [1.29, 1.82) is 0 Å². The van der Waals surface area contributed by atoms with Crippen LogP contribution in [0.15, 0.2) is 6.20 Å². The van der Waals surface area contributed by atoms with E-state index >= 15 is 0 Å². The third-order valence-electron chi connectivity index (χ3n) is 4.19. The van der Waals surface area contributed by atoms with Crippen molar-refractivity contribution >= 4 is 0 Å². The summed E-state index contributed by atoms with van der Waals surface area (Å²) in [6.07, 6.45) is -0.410. The molecule has 0 aliphatic heterocycles. The molecule has 20 heavy (non-hydrogen) atoms. The molecule has 0 spiro atoms. The van der Waals surface area contributed by atoms with Crippen molar-refractivity contribution in [3.63, 3.8) is 0 Å². The number of hydrogen-bond donors (Lipinski definition) is 1. The van der Waals surface area contributed by atoms with Gasteiger partial charge < -0.3 is 5.32 Å². The van der Waals surface area contributed by atoms with Gasteiger partial charge in [0.1, 0.15) is 0 Å². The van der Waals surface area contributed by atoms with Gasteiger partial charge in [0.05, 0.1) is 11.6 Å². The number of aryl methyl sites for hydroxylation is 2. The Bertz CT molecular complexity index is 445. The van der Waals surface area contributed by atoms with Gasteiger partial charge in [0.15, 0.2) is 0 Å². The van der Waals surface area contributed by atoms with E-state index in [-0.39, 0.29) is 24.9 Å². The molecule has 1 atom stereocenters. The average molecular weight is 289 g/mol. The van der Waals surface area contributed by atoms with E-state index in [2.05, 4.69) is 10.4 Å². The molecule has 1 aromatic rings. The van der Waals surface area contributed by atoms with Crippen molar-refractivity contribution in [2.45, 2.75) is 57.8 Å². The molecular weight excluding hydrogens is 267 g/mol. The summed E-state index contributed by atoms with van der Waals surface area (Å²) in [5, 5.41) is 7.74. The van der Waals surface area contributed by atoms with Gasteiger partial charge in [-0.15, -0.1) is 0 Å². The van der Waals surface area contributed by atoms with Crippen LogP contribution in [0.1, 0.15) is 49.9 Å². The Morgan fingerprint density at radius 3 is 2.35 bits per heavy atom. The summed E-state index contributed by atoms with van der Waals surface area (Å²) in [5.41, 5.74) is 2.09. The van der Waals surface area contributed by atoms with E-state index in [1.54, 1.807) is 4.68 Å². The van der Waals surface area contributed by atoms with Crippen LogP contribution in [0, 0.1) is 12.8 Å². The van der Waals surface area contributed by atoms with E-state index in [4.69, 9.17) is 0 Å². The highest BCUT2D eigenvalue weighted by molar-refractivity contribution is 5.19. The Morgan fingerprint density at radius 1 is 1.30 bits per heavy atom. The predicted molar refractivity (Wildman–Crippen MR) is 71.3 cm³/mol. The topological polar surface area (TPSA) is 29.9 Å². The van der Waals surface area contributed by atoms with Gasteiger partial charge in [0, 0.05) is 30.9 Å². The number of hydrogen-bond acceptors (Lipinski definition) is 2. The molecule has 1 N–H and O–H groups in total. The van der Waals surface area contributed by atoms with Crippen LogP contribution in [-0.4, -0.2) is 22.0 Å². The van der Waals surface area contributed by atoms with E-state index < -0.39 is 12.1 Å². The monoisotopic (exact) mass is 289 g/mol. The van der Waals surface area contributed by atoms with Gasteiger partial charge in [-0.3, -0.25) is 4.68 Å². The van der Waals surface area contributed by atoms with E-state index in [0.717, 1.165) is 11.3 Å². The molecule has 0 aromatic carbocycles. The van der Waals surface area contributed by atoms with Crippen molar-refractivity contribution in [3.8, 4) is 0 Å². The second-order valence-corrected chi connectivity index (χ2v) is 5.82. The van der Waals surface area contributed by atoms with Crippen LogP contribution in [0.2, 0.25) is 0 Å². The van der Waals surface area contributed by atoms with E-state index in [0.29, 0.717) is 12.8 Å². The van der Waals surface area contributed by atoms with Crippen LogP contribution in [0.3, 0.4) is 0 Å². The minimum absolute atomic E-state index is 0.121. The third kappa shape index (κ3) is 3.53.